The highest BCUT2D eigenvalue weighted by atomic mass is 16.5. The Morgan fingerprint density at radius 3 is 2.74 bits per heavy atom. The van der Waals surface area contributed by atoms with Gasteiger partial charge in [0.2, 0.25) is 0 Å². The van der Waals surface area contributed by atoms with Crippen LogP contribution in [0.4, 0.5) is 10.6 Å². The fourth-order valence-corrected chi connectivity index (χ4v) is 5.21. The lowest BCUT2D eigenvalue weighted by atomic mass is 9.93. The zero-order valence-electron chi connectivity index (χ0n) is 15.7. The predicted molar refractivity (Wildman–Crippen MR) is 100 cm³/mol. The number of hydrogen-bond acceptors (Lipinski definition) is 5. The maximum atomic E-state index is 12.6. The van der Waals surface area contributed by atoms with Crippen LogP contribution in [0.15, 0.2) is 27.3 Å². The molecule has 3 aliphatic rings. The summed E-state index contributed by atoms with van der Waals surface area (Å²) in [7, 11) is 0. The van der Waals surface area contributed by atoms with Crippen LogP contribution in [0.5, 0.6) is 0 Å². The molecule has 7 heteroatoms. The monoisotopic (exact) mass is 370 g/mol. The Hall–Kier alpha value is -2.28. The van der Waals surface area contributed by atoms with Crippen LogP contribution in [0, 0.1) is 18.8 Å². The van der Waals surface area contributed by atoms with Crippen molar-refractivity contribution in [1.29, 1.82) is 0 Å². The van der Waals surface area contributed by atoms with Gasteiger partial charge in [0.15, 0.2) is 11.6 Å². The fraction of sp³-hybridized carbons (Fsp3) is 0.600. The van der Waals surface area contributed by atoms with E-state index in [1.54, 1.807) is 12.3 Å². The number of urea groups is 1. The summed E-state index contributed by atoms with van der Waals surface area (Å²) in [5, 5.41) is 6.82. The van der Waals surface area contributed by atoms with E-state index in [2.05, 4.69) is 15.4 Å². The number of aryl methyl sites for hydroxylation is 1. The van der Waals surface area contributed by atoms with Gasteiger partial charge in [-0.25, -0.2) is 4.79 Å². The number of anilines is 1. The third-order valence-electron chi connectivity index (χ3n) is 6.64. The van der Waals surface area contributed by atoms with Crippen LogP contribution < -0.4 is 5.32 Å². The van der Waals surface area contributed by atoms with Crippen molar-refractivity contribution in [3.63, 3.8) is 0 Å². The van der Waals surface area contributed by atoms with Crippen LogP contribution >= 0.6 is 0 Å². The summed E-state index contributed by atoms with van der Waals surface area (Å²) in [5.74, 6) is 3.65. The summed E-state index contributed by atoms with van der Waals surface area (Å²) in [4.78, 5) is 17.1. The largest absolute Gasteiger partial charge is 0.469 e. The second-order valence-corrected chi connectivity index (χ2v) is 8.16. The number of hydrogen-bond donors (Lipinski definition) is 1. The van der Waals surface area contributed by atoms with E-state index in [-0.39, 0.29) is 6.03 Å². The molecule has 3 fully saturated rings. The Kier molecular flexibility index (Phi) is 4.19. The van der Waals surface area contributed by atoms with Gasteiger partial charge in [-0.15, -0.1) is 0 Å². The van der Waals surface area contributed by atoms with Crippen LogP contribution in [0.2, 0.25) is 0 Å². The molecule has 3 atom stereocenters. The molecule has 144 valence electrons. The minimum Gasteiger partial charge on any atom is -0.469 e. The van der Waals surface area contributed by atoms with Crippen molar-refractivity contribution in [2.75, 3.05) is 31.5 Å². The molecular formula is C20H26N4O3. The van der Waals surface area contributed by atoms with Gasteiger partial charge in [-0.05, 0) is 44.1 Å². The zero-order valence-corrected chi connectivity index (χ0v) is 15.7. The molecule has 1 N–H and O–H groups in total. The van der Waals surface area contributed by atoms with E-state index in [4.69, 9.17) is 8.94 Å². The van der Waals surface area contributed by atoms with Gasteiger partial charge < -0.3 is 13.8 Å². The predicted octanol–water partition coefficient (Wildman–Crippen LogP) is 3.58. The quantitative estimate of drug-likeness (QED) is 0.894. The molecule has 2 amide bonds. The average Bonchev–Trinajstić information content (AvgIpc) is 3.46. The van der Waals surface area contributed by atoms with Gasteiger partial charge in [-0.3, -0.25) is 10.2 Å². The maximum Gasteiger partial charge on any atom is 0.323 e. The molecule has 27 heavy (non-hydrogen) atoms. The topological polar surface area (TPSA) is 74.8 Å². The average molecular weight is 370 g/mol. The van der Waals surface area contributed by atoms with Gasteiger partial charge in [0, 0.05) is 38.3 Å². The first-order chi connectivity index (χ1) is 13.2. The molecule has 2 bridgehead atoms. The van der Waals surface area contributed by atoms with Crippen LogP contribution in [0.1, 0.15) is 31.4 Å². The molecular weight excluding hydrogens is 344 g/mol. The second kappa shape index (κ2) is 6.71. The fourth-order valence-electron chi connectivity index (χ4n) is 5.21. The van der Waals surface area contributed by atoms with Gasteiger partial charge in [-0.1, -0.05) is 11.6 Å². The lowest BCUT2D eigenvalue weighted by molar-refractivity contribution is 0.0859. The SMILES string of the molecule is Cc1occc1-c1cc(NC(=O)N2CCN([C@@H]3C[C@@H]4CC[C@H]3C4)CC2)no1. The summed E-state index contributed by atoms with van der Waals surface area (Å²) in [6.07, 6.45) is 7.24. The Balaban J connectivity index is 1.16. The van der Waals surface area contributed by atoms with Crippen LogP contribution in [-0.4, -0.2) is 53.2 Å². The highest BCUT2D eigenvalue weighted by molar-refractivity contribution is 5.88. The summed E-state index contributed by atoms with van der Waals surface area (Å²) >= 11 is 0. The van der Waals surface area contributed by atoms with E-state index in [0.717, 1.165) is 55.4 Å². The highest BCUT2D eigenvalue weighted by Crippen LogP contribution is 2.46. The van der Waals surface area contributed by atoms with Crippen molar-refractivity contribution in [3.05, 3.63) is 24.2 Å². The van der Waals surface area contributed by atoms with Crippen LogP contribution in [0.3, 0.4) is 0 Å². The molecule has 2 aromatic heterocycles. The maximum absolute atomic E-state index is 12.6. The number of amides is 2. The van der Waals surface area contributed by atoms with Crippen molar-refractivity contribution in [1.82, 2.24) is 15.0 Å². The Morgan fingerprint density at radius 2 is 2.07 bits per heavy atom. The first kappa shape index (κ1) is 16.9. The van der Waals surface area contributed by atoms with E-state index < -0.39 is 0 Å². The number of aromatic nitrogens is 1. The highest BCUT2D eigenvalue weighted by Gasteiger charge is 2.42. The number of nitrogens with zero attached hydrogens (tertiary/aromatic N) is 3. The molecule has 0 aromatic carbocycles. The Labute approximate surface area is 158 Å². The van der Waals surface area contributed by atoms with Crippen LogP contribution in [0.25, 0.3) is 11.3 Å². The van der Waals surface area contributed by atoms with Gasteiger partial charge in [-0.2, -0.15) is 0 Å². The van der Waals surface area contributed by atoms with E-state index in [1.807, 2.05) is 17.9 Å². The number of fused-ring (bicyclic) bond motifs is 2. The van der Waals surface area contributed by atoms with E-state index in [9.17, 15) is 4.79 Å². The normalized spacial score (nSPS) is 28.0. The van der Waals surface area contributed by atoms with E-state index in [0.29, 0.717) is 11.6 Å². The smallest absolute Gasteiger partial charge is 0.323 e. The molecule has 2 saturated carbocycles. The third-order valence-corrected chi connectivity index (χ3v) is 6.64. The third kappa shape index (κ3) is 3.14. The molecule has 2 aliphatic carbocycles. The Bertz CT molecular complexity index is 821. The van der Waals surface area contributed by atoms with Crippen molar-refractivity contribution in [2.24, 2.45) is 11.8 Å². The molecule has 3 heterocycles. The Morgan fingerprint density at radius 1 is 1.22 bits per heavy atom. The number of nitrogens with one attached hydrogen (secondary N) is 1. The molecule has 7 nitrogen and oxygen atoms in total. The number of furan rings is 1. The van der Waals surface area contributed by atoms with E-state index >= 15 is 0 Å². The van der Waals surface area contributed by atoms with Gasteiger partial charge >= 0.3 is 6.03 Å². The summed E-state index contributed by atoms with van der Waals surface area (Å²) < 4.78 is 10.6. The molecule has 0 spiro atoms. The lowest BCUT2D eigenvalue weighted by Gasteiger charge is -2.40. The molecule has 2 aromatic rings. The zero-order chi connectivity index (χ0) is 18.4. The number of carbonyl (C=O) groups is 1. The summed E-state index contributed by atoms with van der Waals surface area (Å²) in [6, 6.07) is 4.22. The first-order valence-electron chi connectivity index (χ1n) is 9.98. The molecule has 1 aliphatic heterocycles. The summed E-state index contributed by atoms with van der Waals surface area (Å²) in [5.41, 5.74) is 0.850. The van der Waals surface area contributed by atoms with E-state index in [1.165, 1.54) is 25.7 Å². The van der Waals surface area contributed by atoms with Crippen molar-refractivity contribution < 1.29 is 13.7 Å². The number of piperazine rings is 1. The van der Waals surface area contributed by atoms with Crippen molar-refractivity contribution >= 4 is 11.8 Å². The standard InChI is InChI=1S/C20H26N4O3/c1-13-16(4-9-26-13)18-12-19(22-27-18)21-20(25)24-7-5-23(6-8-24)17-11-14-2-3-15(17)10-14/h4,9,12,14-15,17H,2-3,5-8,10-11H2,1H3,(H,21,22,25)/t14-,15+,17-/m1/s1. The molecule has 0 unspecified atom stereocenters. The number of rotatable bonds is 3. The van der Waals surface area contributed by atoms with Crippen molar-refractivity contribution in [3.8, 4) is 11.3 Å². The second-order valence-electron chi connectivity index (χ2n) is 8.16. The van der Waals surface area contributed by atoms with Crippen molar-refractivity contribution in [2.45, 2.75) is 38.6 Å². The summed E-state index contributed by atoms with van der Waals surface area (Å²) in [6.45, 7) is 5.35. The minimum absolute atomic E-state index is 0.105. The molecule has 0 radical (unpaired) electrons. The first-order valence-corrected chi connectivity index (χ1v) is 9.98. The molecule has 1 saturated heterocycles. The number of carbonyl (C=O) groups excluding carboxylic acids is 1. The van der Waals surface area contributed by atoms with Gasteiger partial charge in [0.1, 0.15) is 5.76 Å². The molecule has 5 rings (SSSR count). The van der Waals surface area contributed by atoms with Gasteiger partial charge in [0.05, 0.1) is 11.8 Å². The van der Waals surface area contributed by atoms with Crippen LogP contribution in [-0.2, 0) is 0 Å². The lowest BCUT2D eigenvalue weighted by Crippen LogP contribution is -2.54. The minimum atomic E-state index is -0.105. The van der Waals surface area contributed by atoms with Gasteiger partial charge in [0.25, 0.3) is 0 Å².